The third-order valence-corrected chi connectivity index (χ3v) is 2.85. The highest BCUT2D eigenvalue weighted by Gasteiger charge is 2.09. The Hall–Kier alpha value is -1.39. The molecule has 1 aromatic rings. The molecule has 4 nitrogen and oxygen atoms in total. The topological polar surface area (TPSA) is 35.6 Å². The Kier molecular flexibility index (Phi) is 6.68. The molecule has 0 aliphatic rings. The monoisotopic (exact) mass is 277 g/mol. The van der Waals surface area contributed by atoms with E-state index in [0.717, 1.165) is 31.6 Å². The van der Waals surface area contributed by atoms with Gasteiger partial charge in [-0.25, -0.2) is 0 Å². The van der Waals surface area contributed by atoms with Gasteiger partial charge in [-0.1, -0.05) is 13.0 Å². The molecule has 1 amide bonds. The highest BCUT2D eigenvalue weighted by molar-refractivity contribution is 5.94. The number of nitrogens with one attached hydrogen (secondary N) is 1. The molecule has 0 aliphatic carbocycles. The van der Waals surface area contributed by atoms with Crippen LogP contribution in [0, 0.1) is 0 Å². The van der Waals surface area contributed by atoms with E-state index in [2.05, 4.69) is 28.1 Å². The summed E-state index contributed by atoms with van der Waals surface area (Å²) >= 11 is 0. The predicted octanol–water partition coefficient (Wildman–Crippen LogP) is 1.95. The minimum atomic E-state index is 0.0208. The van der Waals surface area contributed by atoms with E-state index in [-0.39, 0.29) is 5.91 Å². The van der Waals surface area contributed by atoms with Gasteiger partial charge in [-0.3, -0.25) is 4.79 Å². The lowest BCUT2D eigenvalue weighted by molar-refractivity contribution is 0.0953. The molecule has 0 spiro atoms. The van der Waals surface area contributed by atoms with Crippen LogP contribution in [-0.2, 0) is 13.1 Å². The summed E-state index contributed by atoms with van der Waals surface area (Å²) in [6.45, 7) is 4.46. The number of nitrogens with zero attached hydrogens (tertiary/aromatic N) is 2. The van der Waals surface area contributed by atoms with E-state index in [1.54, 1.807) is 0 Å². The molecule has 0 bridgehead atoms. The summed E-state index contributed by atoms with van der Waals surface area (Å²) in [6.07, 6.45) is 0.952. The maximum atomic E-state index is 12.1. The van der Waals surface area contributed by atoms with Crippen molar-refractivity contribution in [1.82, 2.24) is 15.1 Å². The molecule has 4 heteroatoms. The number of carbonyl (C=O) groups is 1. The molecular weight excluding hydrogens is 250 g/mol. The van der Waals surface area contributed by atoms with Crippen LogP contribution in [0.2, 0.25) is 0 Å². The van der Waals surface area contributed by atoms with Gasteiger partial charge in [0.2, 0.25) is 0 Å². The van der Waals surface area contributed by atoms with Crippen molar-refractivity contribution in [2.45, 2.75) is 26.4 Å². The van der Waals surface area contributed by atoms with Gasteiger partial charge in [-0.2, -0.15) is 0 Å². The van der Waals surface area contributed by atoms with Gasteiger partial charge < -0.3 is 15.1 Å². The van der Waals surface area contributed by atoms with Crippen molar-refractivity contribution in [3.63, 3.8) is 0 Å². The van der Waals surface area contributed by atoms with Gasteiger partial charge in [0.05, 0.1) is 0 Å². The summed E-state index contributed by atoms with van der Waals surface area (Å²) in [6, 6.07) is 6.16. The fourth-order valence-electron chi connectivity index (χ4n) is 2.15. The third-order valence-electron chi connectivity index (χ3n) is 2.85. The van der Waals surface area contributed by atoms with Gasteiger partial charge in [-0.05, 0) is 57.9 Å². The van der Waals surface area contributed by atoms with E-state index in [0.29, 0.717) is 0 Å². The van der Waals surface area contributed by atoms with Gasteiger partial charge in [0.1, 0.15) is 0 Å². The minimum absolute atomic E-state index is 0.0208. The lowest BCUT2D eigenvalue weighted by Gasteiger charge is -2.15. The van der Waals surface area contributed by atoms with Gasteiger partial charge in [0.25, 0.3) is 5.91 Å². The smallest absolute Gasteiger partial charge is 0.251 e. The Morgan fingerprint density at radius 3 is 1.90 bits per heavy atom. The molecule has 1 rings (SSSR count). The first kappa shape index (κ1) is 16.7. The zero-order chi connectivity index (χ0) is 15.1. The van der Waals surface area contributed by atoms with Crippen molar-refractivity contribution >= 4 is 5.91 Å². The van der Waals surface area contributed by atoms with Crippen LogP contribution in [0.1, 0.15) is 34.8 Å². The quantitative estimate of drug-likeness (QED) is 0.827. The Balaban J connectivity index is 2.99. The molecule has 0 unspecified atom stereocenters. The molecule has 1 N–H and O–H groups in total. The Bertz CT molecular complexity index is 413. The lowest BCUT2D eigenvalue weighted by Crippen LogP contribution is -2.24. The average molecular weight is 277 g/mol. The first-order valence-electron chi connectivity index (χ1n) is 7.13. The largest absolute Gasteiger partial charge is 0.352 e. The van der Waals surface area contributed by atoms with Crippen LogP contribution in [0.25, 0.3) is 0 Å². The van der Waals surface area contributed by atoms with Crippen molar-refractivity contribution < 1.29 is 4.79 Å². The van der Waals surface area contributed by atoms with Gasteiger partial charge >= 0.3 is 0 Å². The number of rotatable bonds is 7. The number of amides is 1. The summed E-state index contributed by atoms with van der Waals surface area (Å²) in [5.41, 5.74) is 3.11. The lowest BCUT2D eigenvalue weighted by atomic mass is 10.0. The molecule has 20 heavy (non-hydrogen) atoms. The SMILES string of the molecule is CCCNC(=O)c1cc(CN(C)C)cc(CN(C)C)c1. The molecular formula is C16H27N3O. The third kappa shape index (κ3) is 5.72. The normalized spacial score (nSPS) is 11.2. The maximum absolute atomic E-state index is 12.1. The van der Waals surface area contributed by atoms with Crippen molar-refractivity contribution in [3.05, 3.63) is 34.9 Å². The fraction of sp³-hybridized carbons (Fsp3) is 0.562. The Labute approximate surface area is 122 Å². The molecule has 112 valence electrons. The van der Waals surface area contributed by atoms with E-state index < -0.39 is 0 Å². The van der Waals surface area contributed by atoms with Gasteiger partial charge in [0, 0.05) is 25.2 Å². The average Bonchev–Trinajstić information content (AvgIpc) is 2.33. The van der Waals surface area contributed by atoms with Crippen molar-refractivity contribution in [2.75, 3.05) is 34.7 Å². The van der Waals surface area contributed by atoms with Gasteiger partial charge in [-0.15, -0.1) is 0 Å². The van der Waals surface area contributed by atoms with Crippen LogP contribution in [0.4, 0.5) is 0 Å². The maximum Gasteiger partial charge on any atom is 0.251 e. The summed E-state index contributed by atoms with van der Waals surface area (Å²) in [7, 11) is 8.15. The minimum Gasteiger partial charge on any atom is -0.352 e. The van der Waals surface area contributed by atoms with E-state index in [4.69, 9.17) is 0 Å². The summed E-state index contributed by atoms with van der Waals surface area (Å²) in [5.74, 6) is 0.0208. The highest BCUT2D eigenvalue weighted by Crippen LogP contribution is 2.13. The molecule has 0 heterocycles. The number of carbonyl (C=O) groups excluding carboxylic acids is 1. The summed E-state index contributed by atoms with van der Waals surface area (Å²) in [5, 5.41) is 2.94. The molecule has 0 aromatic heterocycles. The molecule has 0 aliphatic heterocycles. The van der Waals surface area contributed by atoms with Crippen molar-refractivity contribution in [3.8, 4) is 0 Å². The highest BCUT2D eigenvalue weighted by atomic mass is 16.1. The van der Waals surface area contributed by atoms with Crippen molar-refractivity contribution in [2.24, 2.45) is 0 Å². The molecule has 1 aromatic carbocycles. The molecule has 0 atom stereocenters. The second kappa shape index (κ2) is 8.02. The Morgan fingerprint density at radius 1 is 1.00 bits per heavy atom. The van der Waals surface area contributed by atoms with E-state index in [9.17, 15) is 4.79 Å². The van der Waals surface area contributed by atoms with Crippen LogP contribution in [0.5, 0.6) is 0 Å². The van der Waals surface area contributed by atoms with E-state index in [1.807, 2.05) is 40.3 Å². The number of hydrogen-bond acceptors (Lipinski definition) is 3. The van der Waals surface area contributed by atoms with Crippen LogP contribution < -0.4 is 5.32 Å². The molecule has 0 saturated heterocycles. The van der Waals surface area contributed by atoms with Crippen LogP contribution in [-0.4, -0.2) is 50.4 Å². The second-order valence-electron chi connectivity index (χ2n) is 5.77. The standard InChI is InChI=1S/C16H27N3O/c1-6-7-17-16(20)15-9-13(11-18(2)3)8-14(10-15)12-19(4)5/h8-10H,6-7,11-12H2,1-5H3,(H,17,20). The summed E-state index contributed by atoms with van der Waals surface area (Å²) in [4.78, 5) is 16.4. The number of hydrogen-bond donors (Lipinski definition) is 1. The fourth-order valence-corrected chi connectivity index (χ4v) is 2.15. The van der Waals surface area contributed by atoms with Crippen molar-refractivity contribution in [1.29, 1.82) is 0 Å². The van der Waals surface area contributed by atoms with E-state index >= 15 is 0 Å². The van der Waals surface area contributed by atoms with Gasteiger partial charge in [0.15, 0.2) is 0 Å². The first-order chi connectivity index (χ1) is 9.42. The Morgan fingerprint density at radius 2 is 1.50 bits per heavy atom. The van der Waals surface area contributed by atoms with E-state index in [1.165, 1.54) is 11.1 Å². The summed E-state index contributed by atoms with van der Waals surface area (Å²) < 4.78 is 0. The second-order valence-corrected chi connectivity index (χ2v) is 5.77. The molecule has 0 saturated carbocycles. The first-order valence-corrected chi connectivity index (χ1v) is 7.13. The van der Waals surface area contributed by atoms with Crippen LogP contribution >= 0.6 is 0 Å². The number of benzene rings is 1. The van der Waals surface area contributed by atoms with Crippen LogP contribution in [0.3, 0.4) is 0 Å². The zero-order valence-electron chi connectivity index (χ0n) is 13.4. The zero-order valence-corrected chi connectivity index (χ0v) is 13.4. The molecule has 0 fully saturated rings. The van der Waals surface area contributed by atoms with Crippen LogP contribution in [0.15, 0.2) is 18.2 Å². The predicted molar refractivity (Wildman–Crippen MR) is 83.8 cm³/mol. The molecule has 0 radical (unpaired) electrons.